The molecule has 82 valence electrons. The van der Waals surface area contributed by atoms with Crippen LogP contribution in [0.4, 0.5) is 0 Å². The van der Waals surface area contributed by atoms with E-state index < -0.39 is 0 Å². The van der Waals surface area contributed by atoms with Gasteiger partial charge in [-0.2, -0.15) is 0 Å². The van der Waals surface area contributed by atoms with Gasteiger partial charge in [-0.3, -0.25) is 0 Å². The Morgan fingerprint density at radius 2 is 1.94 bits per heavy atom. The van der Waals surface area contributed by atoms with Crippen LogP contribution in [-0.4, -0.2) is 15.1 Å². The fourth-order valence-corrected chi connectivity index (χ4v) is 2.11. The van der Waals surface area contributed by atoms with E-state index in [9.17, 15) is 0 Å². The van der Waals surface area contributed by atoms with Gasteiger partial charge in [0.05, 0.1) is 6.61 Å². The van der Waals surface area contributed by atoms with Crippen LogP contribution in [0.2, 0.25) is 0 Å². The summed E-state index contributed by atoms with van der Waals surface area (Å²) in [7, 11) is 0. The third-order valence-electron chi connectivity index (χ3n) is 2.11. The largest absolute Gasteiger partial charge is 0.392 e. The molecule has 1 aromatic heterocycles. The summed E-state index contributed by atoms with van der Waals surface area (Å²) in [6, 6.07) is 9.73. The van der Waals surface area contributed by atoms with Gasteiger partial charge in [0.25, 0.3) is 0 Å². The zero-order valence-corrected chi connectivity index (χ0v) is 9.74. The molecule has 1 aromatic carbocycles. The summed E-state index contributed by atoms with van der Waals surface area (Å²) < 4.78 is 0. The van der Waals surface area contributed by atoms with E-state index in [1.54, 1.807) is 18.1 Å². The highest BCUT2D eigenvalue weighted by atomic mass is 32.2. The van der Waals surface area contributed by atoms with Crippen molar-refractivity contribution in [2.24, 2.45) is 0 Å². The molecule has 4 heteroatoms. The first-order valence-electron chi connectivity index (χ1n) is 4.94. The number of hydrogen-bond acceptors (Lipinski definition) is 4. The molecule has 0 spiro atoms. The molecule has 0 bridgehead atoms. The lowest BCUT2D eigenvalue weighted by atomic mass is 10.2. The molecule has 3 nitrogen and oxygen atoms in total. The van der Waals surface area contributed by atoms with Gasteiger partial charge in [-0.05, 0) is 30.7 Å². The van der Waals surface area contributed by atoms with Crippen molar-refractivity contribution in [1.29, 1.82) is 0 Å². The lowest BCUT2D eigenvalue weighted by Gasteiger charge is -2.02. The molecular weight excluding hydrogens is 220 g/mol. The maximum absolute atomic E-state index is 8.93. The van der Waals surface area contributed by atoms with Crippen LogP contribution in [0.5, 0.6) is 0 Å². The van der Waals surface area contributed by atoms with Crippen LogP contribution in [0, 0.1) is 6.92 Å². The van der Waals surface area contributed by atoms with Crippen LogP contribution < -0.4 is 0 Å². The Hall–Kier alpha value is -1.39. The van der Waals surface area contributed by atoms with E-state index in [0.717, 1.165) is 21.2 Å². The van der Waals surface area contributed by atoms with E-state index in [4.69, 9.17) is 5.11 Å². The van der Waals surface area contributed by atoms with Crippen molar-refractivity contribution >= 4 is 11.8 Å². The van der Waals surface area contributed by atoms with Crippen LogP contribution in [0.25, 0.3) is 0 Å². The van der Waals surface area contributed by atoms with Crippen molar-refractivity contribution in [3.63, 3.8) is 0 Å². The van der Waals surface area contributed by atoms with Gasteiger partial charge in [0.15, 0.2) is 0 Å². The molecule has 1 heterocycles. The van der Waals surface area contributed by atoms with Crippen molar-refractivity contribution in [2.75, 3.05) is 0 Å². The molecule has 0 saturated heterocycles. The second-order valence-corrected chi connectivity index (χ2v) is 4.50. The van der Waals surface area contributed by atoms with Gasteiger partial charge < -0.3 is 5.11 Å². The summed E-state index contributed by atoms with van der Waals surface area (Å²) in [5.74, 6) is 0. The summed E-state index contributed by atoms with van der Waals surface area (Å²) >= 11 is 1.59. The summed E-state index contributed by atoms with van der Waals surface area (Å²) in [5, 5.41) is 9.86. The van der Waals surface area contributed by atoms with Gasteiger partial charge >= 0.3 is 0 Å². The molecule has 2 aromatic rings. The second-order valence-electron chi connectivity index (χ2n) is 3.40. The molecule has 0 aliphatic rings. The summed E-state index contributed by atoms with van der Waals surface area (Å²) in [5.41, 5.74) is 1.88. The van der Waals surface area contributed by atoms with E-state index in [1.165, 1.54) is 0 Å². The lowest BCUT2D eigenvalue weighted by Crippen LogP contribution is -1.86. The van der Waals surface area contributed by atoms with E-state index >= 15 is 0 Å². The molecule has 0 amide bonds. The molecule has 0 aliphatic carbocycles. The minimum Gasteiger partial charge on any atom is -0.392 e. The molecular formula is C12H12N2OS. The maximum Gasteiger partial charge on any atom is 0.116 e. The minimum atomic E-state index is 0.0809. The normalized spacial score (nSPS) is 10.4. The van der Waals surface area contributed by atoms with Crippen molar-refractivity contribution in [2.45, 2.75) is 23.5 Å². The van der Waals surface area contributed by atoms with Crippen molar-refractivity contribution in [3.8, 4) is 0 Å². The molecule has 0 aliphatic heterocycles. The van der Waals surface area contributed by atoms with Crippen molar-refractivity contribution in [1.82, 2.24) is 9.97 Å². The SMILES string of the molecule is Cc1cc(Sc2ccc(CO)cc2)ncn1. The highest BCUT2D eigenvalue weighted by Crippen LogP contribution is 2.25. The Balaban J connectivity index is 2.14. The van der Waals surface area contributed by atoms with Gasteiger partial charge in [-0.25, -0.2) is 9.97 Å². The van der Waals surface area contributed by atoms with E-state index in [1.807, 2.05) is 37.3 Å². The number of rotatable bonds is 3. The van der Waals surface area contributed by atoms with Gasteiger partial charge in [0.1, 0.15) is 11.4 Å². The molecule has 2 rings (SSSR count). The van der Waals surface area contributed by atoms with Crippen LogP contribution in [-0.2, 0) is 6.61 Å². The summed E-state index contributed by atoms with van der Waals surface area (Å²) in [6.45, 7) is 2.03. The zero-order valence-electron chi connectivity index (χ0n) is 8.92. The van der Waals surface area contributed by atoms with Gasteiger partial charge in [-0.1, -0.05) is 23.9 Å². The molecule has 0 fully saturated rings. The van der Waals surface area contributed by atoms with E-state index in [2.05, 4.69) is 9.97 Å². The molecule has 16 heavy (non-hydrogen) atoms. The average Bonchev–Trinajstić information content (AvgIpc) is 2.30. The molecule has 0 saturated carbocycles. The van der Waals surface area contributed by atoms with E-state index in [-0.39, 0.29) is 6.61 Å². The van der Waals surface area contributed by atoms with Crippen LogP contribution in [0.1, 0.15) is 11.3 Å². The maximum atomic E-state index is 8.93. The Labute approximate surface area is 98.6 Å². The fraction of sp³-hybridized carbons (Fsp3) is 0.167. The Bertz CT molecular complexity index is 471. The quantitative estimate of drug-likeness (QED) is 0.826. The van der Waals surface area contributed by atoms with Gasteiger partial charge in [-0.15, -0.1) is 0 Å². The molecule has 0 radical (unpaired) electrons. The number of nitrogens with zero attached hydrogens (tertiary/aromatic N) is 2. The van der Waals surface area contributed by atoms with Crippen molar-refractivity contribution in [3.05, 3.63) is 47.9 Å². The number of aliphatic hydroxyl groups is 1. The first-order chi connectivity index (χ1) is 7.78. The standard InChI is InChI=1S/C12H12N2OS/c1-9-6-12(14-8-13-9)16-11-4-2-10(7-15)3-5-11/h2-6,8,15H,7H2,1H3. The number of hydrogen-bond donors (Lipinski definition) is 1. The zero-order chi connectivity index (χ0) is 11.4. The highest BCUT2D eigenvalue weighted by Gasteiger charge is 1.99. The smallest absolute Gasteiger partial charge is 0.116 e. The Morgan fingerprint density at radius 1 is 1.19 bits per heavy atom. The first kappa shape index (κ1) is 11.1. The van der Waals surface area contributed by atoms with Crippen LogP contribution >= 0.6 is 11.8 Å². The summed E-state index contributed by atoms with van der Waals surface area (Å²) in [6.07, 6.45) is 1.57. The molecule has 0 unspecified atom stereocenters. The molecule has 0 atom stereocenters. The lowest BCUT2D eigenvalue weighted by molar-refractivity contribution is 0.282. The topological polar surface area (TPSA) is 46.0 Å². The fourth-order valence-electron chi connectivity index (χ4n) is 1.27. The predicted molar refractivity (Wildman–Crippen MR) is 63.3 cm³/mol. The number of aryl methyl sites for hydroxylation is 1. The van der Waals surface area contributed by atoms with Gasteiger partial charge in [0.2, 0.25) is 0 Å². The number of benzene rings is 1. The third kappa shape index (κ3) is 2.81. The average molecular weight is 232 g/mol. The second kappa shape index (κ2) is 5.09. The number of aromatic nitrogens is 2. The highest BCUT2D eigenvalue weighted by molar-refractivity contribution is 7.99. The number of aliphatic hydroxyl groups excluding tert-OH is 1. The third-order valence-corrected chi connectivity index (χ3v) is 3.05. The monoisotopic (exact) mass is 232 g/mol. The Kier molecular flexibility index (Phi) is 3.54. The summed E-state index contributed by atoms with van der Waals surface area (Å²) in [4.78, 5) is 9.34. The van der Waals surface area contributed by atoms with Crippen LogP contribution in [0.15, 0.2) is 46.6 Å². The Morgan fingerprint density at radius 3 is 2.56 bits per heavy atom. The van der Waals surface area contributed by atoms with Crippen LogP contribution in [0.3, 0.4) is 0 Å². The van der Waals surface area contributed by atoms with Gasteiger partial charge in [0, 0.05) is 10.6 Å². The van der Waals surface area contributed by atoms with E-state index in [0.29, 0.717) is 0 Å². The predicted octanol–water partition coefficient (Wildman–Crippen LogP) is 2.43. The van der Waals surface area contributed by atoms with Crippen molar-refractivity contribution < 1.29 is 5.11 Å². The molecule has 1 N–H and O–H groups in total. The minimum absolute atomic E-state index is 0.0809. The first-order valence-corrected chi connectivity index (χ1v) is 5.76.